The van der Waals surface area contributed by atoms with E-state index in [0.717, 1.165) is 0 Å². The first-order chi connectivity index (χ1) is 8.10. The zero-order chi connectivity index (χ0) is 12.8. The third-order valence-corrected chi connectivity index (χ3v) is 2.33. The van der Waals surface area contributed by atoms with Crippen molar-refractivity contribution in [2.24, 2.45) is 0 Å². The molecular weight excluding hydrogens is 250 g/mol. The van der Waals surface area contributed by atoms with Gasteiger partial charge in [-0.15, -0.1) is 0 Å². The van der Waals surface area contributed by atoms with Gasteiger partial charge in [-0.3, -0.25) is 10.1 Å². The Balaban J connectivity index is 2.85. The maximum atomic E-state index is 10.8. The predicted octanol–water partition coefficient (Wildman–Crippen LogP) is 2.25. The number of hydrogen-bond acceptors (Lipinski definition) is 5. The lowest BCUT2D eigenvalue weighted by Crippen LogP contribution is -2.22. The van der Waals surface area contributed by atoms with E-state index in [1.165, 1.54) is 32.4 Å². The van der Waals surface area contributed by atoms with E-state index in [1.807, 2.05) is 0 Å². The van der Waals surface area contributed by atoms with E-state index in [1.54, 1.807) is 0 Å². The number of para-hydroxylation sites is 1. The summed E-state index contributed by atoms with van der Waals surface area (Å²) >= 11 is 5.83. The zero-order valence-corrected chi connectivity index (χ0v) is 10.1. The lowest BCUT2D eigenvalue weighted by Gasteiger charge is -2.14. The van der Waals surface area contributed by atoms with Crippen LogP contribution >= 0.6 is 11.6 Å². The average Bonchev–Trinajstić information content (AvgIpc) is 2.31. The third-order valence-electron chi connectivity index (χ3n) is 2.03. The highest BCUT2D eigenvalue weighted by Gasteiger charge is 2.19. The molecule has 17 heavy (non-hydrogen) atoms. The molecule has 6 nitrogen and oxygen atoms in total. The van der Waals surface area contributed by atoms with Crippen LogP contribution in [0.4, 0.5) is 5.69 Å². The van der Waals surface area contributed by atoms with Gasteiger partial charge in [-0.2, -0.15) is 0 Å². The molecule has 94 valence electrons. The largest absolute Gasteiger partial charge is 0.480 e. The third kappa shape index (κ3) is 3.55. The number of nitrogens with zero attached hydrogens (tertiary/aromatic N) is 1. The van der Waals surface area contributed by atoms with E-state index in [0.29, 0.717) is 0 Å². The van der Waals surface area contributed by atoms with Crippen LogP contribution in [0.2, 0.25) is 5.02 Å². The Morgan fingerprint density at radius 1 is 1.41 bits per heavy atom. The molecule has 0 unspecified atom stereocenters. The van der Waals surface area contributed by atoms with Crippen LogP contribution < -0.4 is 4.74 Å². The van der Waals surface area contributed by atoms with Crippen molar-refractivity contribution in [3.63, 3.8) is 0 Å². The number of rotatable bonds is 6. The average molecular weight is 262 g/mol. The molecule has 7 heteroatoms. The number of methoxy groups -OCH3 is 2. The second-order valence-electron chi connectivity index (χ2n) is 3.06. The second kappa shape index (κ2) is 6.39. The summed E-state index contributed by atoms with van der Waals surface area (Å²) in [5.74, 6) is 0.0123. The molecule has 0 fully saturated rings. The maximum Gasteiger partial charge on any atom is 0.312 e. The van der Waals surface area contributed by atoms with Crippen LogP contribution in [0, 0.1) is 10.1 Å². The quantitative estimate of drug-likeness (QED) is 0.446. The smallest absolute Gasteiger partial charge is 0.312 e. The Bertz CT molecular complexity index is 394. The van der Waals surface area contributed by atoms with Gasteiger partial charge in [-0.25, -0.2) is 0 Å². The van der Waals surface area contributed by atoms with Crippen LogP contribution in [0.3, 0.4) is 0 Å². The predicted molar refractivity (Wildman–Crippen MR) is 61.4 cm³/mol. The van der Waals surface area contributed by atoms with Crippen molar-refractivity contribution in [2.45, 2.75) is 6.29 Å². The van der Waals surface area contributed by atoms with Crippen LogP contribution in [0.25, 0.3) is 0 Å². The van der Waals surface area contributed by atoms with Crippen molar-refractivity contribution in [1.29, 1.82) is 0 Å². The van der Waals surface area contributed by atoms with Crippen LogP contribution in [0.5, 0.6) is 5.75 Å². The monoisotopic (exact) mass is 261 g/mol. The van der Waals surface area contributed by atoms with E-state index >= 15 is 0 Å². The fraction of sp³-hybridized carbons (Fsp3) is 0.400. The molecule has 0 bridgehead atoms. The van der Waals surface area contributed by atoms with Gasteiger partial charge in [0, 0.05) is 20.3 Å². The van der Waals surface area contributed by atoms with E-state index in [4.69, 9.17) is 25.8 Å². The summed E-state index contributed by atoms with van der Waals surface area (Å²) in [6.07, 6.45) is -0.606. The van der Waals surface area contributed by atoms with E-state index in [-0.39, 0.29) is 23.1 Å². The molecule has 1 rings (SSSR count). The summed E-state index contributed by atoms with van der Waals surface area (Å²) in [6.45, 7) is 0.0115. The highest BCUT2D eigenvalue weighted by Crippen LogP contribution is 2.34. The normalized spacial score (nSPS) is 10.6. The summed E-state index contributed by atoms with van der Waals surface area (Å²) in [7, 11) is 2.89. The van der Waals surface area contributed by atoms with Gasteiger partial charge in [-0.05, 0) is 6.07 Å². The Hall–Kier alpha value is -1.37. The molecular formula is C10H12ClNO5. The highest BCUT2D eigenvalue weighted by atomic mass is 35.5. The SMILES string of the molecule is COC(COc1c(Cl)cccc1[N+](=O)[O-])OC. The fourth-order valence-corrected chi connectivity index (χ4v) is 1.39. The number of halogens is 1. The Morgan fingerprint density at radius 3 is 2.59 bits per heavy atom. The number of hydrogen-bond donors (Lipinski definition) is 0. The summed E-state index contributed by atoms with van der Waals surface area (Å²) in [4.78, 5) is 10.2. The van der Waals surface area contributed by atoms with Gasteiger partial charge in [0.15, 0.2) is 6.29 Å². The first kappa shape index (κ1) is 13.7. The molecule has 0 heterocycles. The summed E-state index contributed by atoms with van der Waals surface area (Å²) in [5.41, 5.74) is -0.191. The molecule has 1 aromatic carbocycles. The summed E-state index contributed by atoms with van der Waals surface area (Å²) in [6, 6.07) is 4.31. The van der Waals surface area contributed by atoms with Crippen LogP contribution in [0.15, 0.2) is 18.2 Å². The van der Waals surface area contributed by atoms with E-state index < -0.39 is 11.2 Å². The van der Waals surface area contributed by atoms with Gasteiger partial charge < -0.3 is 14.2 Å². The number of benzene rings is 1. The van der Waals surface area contributed by atoms with Crippen molar-refractivity contribution in [3.8, 4) is 5.75 Å². The molecule has 0 aliphatic rings. The number of nitro benzene ring substituents is 1. The number of nitro groups is 1. The molecule has 1 aromatic rings. The van der Waals surface area contributed by atoms with E-state index in [2.05, 4.69) is 0 Å². The maximum absolute atomic E-state index is 10.8. The minimum absolute atomic E-state index is 0.0115. The van der Waals surface area contributed by atoms with Crippen molar-refractivity contribution in [3.05, 3.63) is 33.3 Å². The summed E-state index contributed by atoms with van der Waals surface area (Å²) < 4.78 is 15.1. The lowest BCUT2D eigenvalue weighted by molar-refractivity contribution is -0.386. The molecule has 0 spiro atoms. The van der Waals surface area contributed by atoms with Gasteiger partial charge in [0.2, 0.25) is 5.75 Å². The number of ether oxygens (including phenoxy) is 3. The standard InChI is InChI=1S/C10H12ClNO5/c1-15-9(16-2)6-17-10-7(11)4-3-5-8(10)12(13)14/h3-5,9H,6H2,1-2H3. The Labute approximate surface area is 103 Å². The molecule has 0 aliphatic heterocycles. The zero-order valence-electron chi connectivity index (χ0n) is 9.38. The van der Waals surface area contributed by atoms with Gasteiger partial charge in [-0.1, -0.05) is 17.7 Å². The van der Waals surface area contributed by atoms with Crippen LogP contribution in [-0.2, 0) is 9.47 Å². The molecule has 0 amide bonds. The fourth-order valence-electron chi connectivity index (χ4n) is 1.17. The minimum Gasteiger partial charge on any atom is -0.480 e. The lowest BCUT2D eigenvalue weighted by atomic mass is 10.3. The van der Waals surface area contributed by atoms with Crippen molar-refractivity contribution < 1.29 is 19.1 Å². The topological polar surface area (TPSA) is 70.8 Å². The van der Waals surface area contributed by atoms with Crippen molar-refractivity contribution >= 4 is 17.3 Å². The van der Waals surface area contributed by atoms with Gasteiger partial charge in [0.25, 0.3) is 0 Å². The first-order valence-corrected chi connectivity index (χ1v) is 5.09. The van der Waals surface area contributed by atoms with E-state index in [9.17, 15) is 10.1 Å². The first-order valence-electron chi connectivity index (χ1n) is 4.71. The van der Waals surface area contributed by atoms with Gasteiger partial charge >= 0.3 is 5.69 Å². The molecule has 0 atom stereocenters. The van der Waals surface area contributed by atoms with Gasteiger partial charge in [0.1, 0.15) is 6.61 Å². The second-order valence-corrected chi connectivity index (χ2v) is 3.46. The van der Waals surface area contributed by atoms with Crippen molar-refractivity contribution in [1.82, 2.24) is 0 Å². The van der Waals surface area contributed by atoms with Crippen LogP contribution in [0.1, 0.15) is 0 Å². The Kier molecular flexibility index (Phi) is 5.14. The molecule has 0 saturated carbocycles. The molecule has 0 saturated heterocycles. The van der Waals surface area contributed by atoms with Gasteiger partial charge in [0.05, 0.1) is 9.95 Å². The minimum atomic E-state index is -0.606. The summed E-state index contributed by atoms with van der Waals surface area (Å²) in [5, 5.41) is 10.9. The van der Waals surface area contributed by atoms with Crippen molar-refractivity contribution in [2.75, 3.05) is 20.8 Å². The van der Waals surface area contributed by atoms with Crippen LogP contribution in [-0.4, -0.2) is 32.0 Å². The highest BCUT2D eigenvalue weighted by molar-refractivity contribution is 6.32. The molecule has 0 N–H and O–H groups in total. The molecule has 0 radical (unpaired) electrons. The molecule has 0 aromatic heterocycles. The Morgan fingerprint density at radius 2 is 2.06 bits per heavy atom. The molecule has 0 aliphatic carbocycles.